The zero-order chi connectivity index (χ0) is 13.8. The van der Waals surface area contributed by atoms with E-state index in [4.69, 9.17) is 0 Å². The Morgan fingerprint density at radius 2 is 2.26 bits per heavy atom. The van der Waals surface area contributed by atoms with E-state index in [1.165, 1.54) is 25.3 Å². The maximum atomic E-state index is 13.9. The lowest BCUT2D eigenvalue weighted by atomic mass is 10.0. The van der Waals surface area contributed by atoms with E-state index in [1.807, 2.05) is 6.07 Å². The smallest absolute Gasteiger partial charge is 0.128 e. The van der Waals surface area contributed by atoms with Gasteiger partial charge in [0.1, 0.15) is 5.82 Å². The third-order valence-electron chi connectivity index (χ3n) is 3.99. The minimum Gasteiger partial charge on any atom is -0.313 e. The Bertz CT molecular complexity index is 419. The molecular weight excluding hydrogens is 307 g/mol. The number of piperidine rings is 1. The standard InChI is InChI=1S/C15H22BrFN2/c1-11(14-9-12(16)6-7-15(14)17)19(2)10-13-5-3-4-8-18-13/h6-7,9,11,13,18H,3-5,8,10H2,1-2H3. The van der Waals surface area contributed by atoms with Gasteiger partial charge in [-0.25, -0.2) is 4.39 Å². The van der Waals surface area contributed by atoms with Crippen LogP contribution in [0.15, 0.2) is 22.7 Å². The van der Waals surface area contributed by atoms with Crippen molar-refractivity contribution < 1.29 is 4.39 Å². The number of nitrogens with zero attached hydrogens (tertiary/aromatic N) is 1. The molecule has 0 aliphatic carbocycles. The molecule has 2 atom stereocenters. The predicted octanol–water partition coefficient (Wildman–Crippen LogP) is 3.72. The summed E-state index contributed by atoms with van der Waals surface area (Å²) in [7, 11) is 2.07. The summed E-state index contributed by atoms with van der Waals surface area (Å²) in [5.41, 5.74) is 0.757. The van der Waals surface area contributed by atoms with Crippen molar-refractivity contribution in [2.45, 2.75) is 38.3 Å². The Labute approximate surface area is 123 Å². The Kier molecular flexibility index (Phi) is 5.37. The Balaban J connectivity index is 2.01. The van der Waals surface area contributed by atoms with Crippen LogP contribution < -0.4 is 5.32 Å². The fourth-order valence-corrected chi connectivity index (χ4v) is 3.04. The normalized spacial score (nSPS) is 21.6. The summed E-state index contributed by atoms with van der Waals surface area (Å²) in [6.07, 6.45) is 3.79. The minimum absolute atomic E-state index is 0.0845. The van der Waals surface area contributed by atoms with Crippen LogP contribution in [0.4, 0.5) is 4.39 Å². The van der Waals surface area contributed by atoms with Crippen LogP contribution in [0.5, 0.6) is 0 Å². The van der Waals surface area contributed by atoms with Gasteiger partial charge in [0.2, 0.25) is 0 Å². The zero-order valence-electron chi connectivity index (χ0n) is 11.6. The van der Waals surface area contributed by atoms with Gasteiger partial charge in [-0.2, -0.15) is 0 Å². The van der Waals surface area contributed by atoms with Crippen molar-refractivity contribution in [2.75, 3.05) is 20.1 Å². The van der Waals surface area contributed by atoms with Crippen LogP contribution in [0.2, 0.25) is 0 Å². The molecule has 4 heteroatoms. The van der Waals surface area contributed by atoms with Crippen LogP contribution in [0.25, 0.3) is 0 Å². The molecule has 0 amide bonds. The highest BCUT2D eigenvalue weighted by Gasteiger charge is 2.20. The molecule has 1 fully saturated rings. The van der Waals surface area contributed by atoms with Gasteiger partial charge in [0.25, 0.3) is 0 Å². The summed E-state index contributed by atoms with van der Waals surface area (Å²) < 4.78 is 14.8. The quantitative estimate of drug-likeness (QED) is 0.906. The monoisotopic (exact) mass is 328 g/mol. The molecule has 1 heterocycles. The second-order valence-corrected chi connectivity index (χ2v) is 6.34. The number of hydrogen-bond donors (Lipinski definition) is 1. The maximum Gasteiger partial charge on any atom is 0.128 e. The van der Waals surface area contributed by atoms with E-state index in [2.05, 4.69) is 40.1 Å². The molecule has 106 valence electrons. The van der Waals surface area contributed by atoms with Crippen molar-refractivity contribution in [3.63, 3.8) is 0 Å². The Morgan fingerprint density at radius 3 is 2.95 bits per heavy atom. The number of halogens is 2. The highest BCUT2D eigenvalue weighted by Crippen LogP contribution is 2.25. The van der Waals surface area contributed by atoms with Crippen molar-refractivity contribution >= 4 is 15.9 Å². The lowest BCUT2D eigenvalue weighted by molar-refractivity contribution is 0.211. The van der Waals surface area contributed by atoms with Gasteiger partial charge in [0, 0.05) is 28.7 Å². The van der Waals surface area contributed by atoms with E-state index in [0.29, 0.717) is 6.04 Å². The van der Waals surface area contributed by atoms with Crippen LogP contribution >= 0.6 is 15.9 Å². The van der Waals surface area contributed by atoms with E-state index in [0.717, 1.165) is 23.1 Å². The molecule has 2 rings (SSSR count). The first-order chi connectivity index (χ1) is 9.08. The molecule has 1 aliphatic heterocycles. The van der Waals surface area contributed by atoms with E-state index in [-0.39, 0.29) is 11.9 Å². The largest absolute Gasteiger partial charge is 0.313 e. The van der Waals surface area contributed by atoms with Crippen LogP contribution in [0.1, 0.15) is 37.8 Å². The first kappa shape index (κ1) is 14.9. The van der Waals surface area contributed by atoms with Gasteiger partial charge < -0.3 is 5.32 Å². The number of hydrogen-bond acceptors (Lipinski definition) is 2. The van der Waals surface area contributed by atoms with Crippen LogP contribution in [-0.4, -0.2) is 31.1 Å². The summed E-state index contributed by atoms with van der Waals surface area (Å²) in [5, 5.41) is 3.54. The van der Waals surface area contributed by atoms with Gasteiger partial charge in [0.15, 0.2) is 0 Å². The summed E-state index contributed by atoms with van der Waals surface area (Å²) >= 11 is 3.41. The van der Waals surface area contributed by atoms with Crippen molar-refractivity contribution in [1.82, 2.24) is 10.2 Å². The molecule has 1 saturated heterocycles. The van der Waals surface area contributed by atoms with Gasteiger partial charge in [-0.15, -0.1) is 0 Å². The van der Waals surface area contributed by atoms with Gasteiger partial charge in [-0.05, 0) is 51.6 Å². The molecule has 1 aliphatic rings. The third kappa shape index (κ3) is 4.01. The number of likely N-dealkylation sites (N-methyl/N-ethyl adjacent to an activating group) is 1. The summed E-state index contributed by atoms with van der Waals surface area (Å²) in [4.78, 5) is 2.23. The molecule has 1 N–H and O–H groups in total. The number of nitrogens with one attached hydrogen (secondary N) is 1. The molecule has 0 saturated carbocycles. The fourth-order valence-electron chi connectivity index (χ4n) is 2.66. The lowest BCUT2D eigenvalue weighted by Gasteiger charge is -2.32. The van der Waals surface area contributed by atoms with E-state index >= 15 is 0 Å². The highest BCUT2D eigenvalue weighted by atomic mass is 79.9. The predicted molar refractivity (Wildman–Crippen MR) is 80.8 cm³/mol. The van der Waals surface area contributed by atoms with E-state index < -0.39 is 0 Å². The summed E-state index contributed by atoms with van der Waals surface area (Å²) in [6.45, 7) is 4.14. The molecule has 0 bridgehead atoms. The molecule has 0 aromatic heterocycles. The molecule has 2 nitrogen and oxygen atoms in total. The molecule has 2 unspecified atom stereocenters. The second-order valence-electron chi connectivity index (χ2n) is 5.43. The van der Waals surface area contributed by atoms with Crippen LogP contribution in [0.3, 0.4) is 0 Å². The van der Waals surface area contributed by atoms with Crippen molar-refractivity contribution in [3.8, 4) is 0 Å². The van der Waals surface area contributed by atoms with E-state index in [1.54, 1.807) is 6.07 Å². The number of rotatable bonds is 4. The summed E-state index contributed by atoms with van der Waals surface area (Å²) in [5.74, 6) is -0.126. The van der Waals surface area contributed by atoms with Gasteiger partial charge in [0.05, 0.1) is 0 Å². The zero-order valence-corrected chi connectivity index (χ0v) is 13.2. The van der Waals surface area contributed by atoms with Gasteiger partial charge in [-0.3, -0.25) is 4.90 Å². The van der Waals surface area contributed by atoms with Crippen LogP contribution in [-0.2, 0) is 0 Å². The molecule has 1 aromatic rings. The maximum absolute atomic E-state index is 13.9. The molecular formula is C15H22BrFN2. The Morgan fingerprint density at radius 1 is 1.47 bits per heavy atom. The number of benzene rings is 1. The third-order valence-corrected chi connectivity index (χ3v) is 4.48. The first-order valence-corrected chi connectivity index (χ1v) is 7.76. The Hall–Kier alpha value is -0.450. The van der Waals surface area contributed by atoms with Crippen molar-refractivity contribution in [1.29, 1.82) is 0 Å². The van der Waals surface area contributed by atoms with Gasteiger partial charge >= 0.3 is 0 Å². The molecule has 0 radical (unpaired) electrons. The molecule has 1 aromatic carbocycles. The molecule has 0 spiro atoms. The summed E-state index contributed by atoms with van der Waals surface area (Å²) in [6, 6.07) is 5.78. The average molecular weight is 329 g/mol. The van der Waals surface area contributed by atoms with E-state index in [9.17, 15) is 4.39 Å². The topological polar surface area (TPSA) is 15.3 Å². The van der Waals surface area contributed by atoms with Gasteiger partial charge in [-0.1, -0.05) is 22.4 Å². The average Bonchev–Trinajstić information content (AvgIpc) is 2.42. The SMILES string of the molecule is CC(c1cc(Br)ccc1F)N(C)CC1CCCCN1. The molecule has 19 heavy (non-hydrogen) atoms. The minimum atomic E-state index is -0.126. The second kappa shape index (κ2) is 6.82. The fraction of sp³-hybridized carbons (Fsp3) is 0.600. The lowest BCUT2D eigenvalue weighted by Crippen LogP contribution is -2.43. The van der Waals surface area contributed by atoms with Crippen LogP contribution in [0, 0.1) is 5.82 Å². The van der Waals surface area contributed by atoms with Crippen molar-refractivity contribution in [3.05, 3.63) is 34.1 Å². The van der Waals surface area contributed by atoms with Crippen molar-refractivity contribution in [2.24, 2.45) is 0 Å². The highest BCUT2D eigenvalue weighted by molar-refractivity contribution is 9.10. The first-order valence-electron chi connectivity index (χ1n) is 6.96.